The van der Waals surface area contributed by atoms with E-state index >= 15 is 0 Å². The minimum Gasteiger partial charge on any atom is -0.459 e. The SMILES string of the molecule is CO[C@H]1C[C@@H]2CC[C@@H](C)[C@@](O)(O2)C(=O)C(=O)N2CCCC[C@H]2C(=O)O[C@H]([C@H](N)C[C@@H]2CC[C@@H](OC(=O)NCCOCCOCCOCCOCCOCCOCCOCCOCCC(=O)N3CCc4cc(Cn5nc(-c6ccc7oc(N)nc7c6)c6c(N)ncnc65)ccc4C3)[C@H](OC)C2)C[C@@H](O)[C@H](C)/C=C(\C)[C@@H](O)[C@@H](O)C(=O)[C@H](C)C[C@H](C)/C=C/C=C/C=C/1C. The highest BCUT2D eigenvalue weighted by molar-refractivity contribution is 6.39. The summed E-state index contributed by atoms with van der Waals surface area (Å²) in [5.74, 6) is -8.13. The lowest BCUT2D eigenvalue weighted by Crippen LogP contribution is -2.61. The smallest absolute Gasteiger partial charge is 0.407 e. The molecule has 2 aromatic carbocycles. The third-order valence-electron chi connectivity index (χ3n) is 24.2. The van der Waals surface area contributed by atoms with Crippen molar-refractivity contribution in [3.05, 3.63) is 107 Å². The number of carbonyl (C=O) groups excluding carboxylic acids is 6. The molecule has 10 rings (SSSR count). The van der Waals surface area contributed by atoms with Gasteiger partial charge in [-0.05, 0) is 142 Å². The van der Waals surface area contributed by atoms with E-state index in [0.29, 0.717) is 197 Å². The van der Waals surface area contributed by atoms with E-state index in [9.17, 15) is 49.2 Å². The zero-order valence-corrected chi connectivity index (χ0v) is 74.2. The van der Waals surface area contributed by atoms with Crippen LogP contribution in [0, 0.1) is 29.6 Å². The number of methoxy groups -OCH3 is 2. The summed E-state index contributed by atoms with van der Waals surface area (Å²) in [6, 6.07) is 9.75. The number of fused-ring (bicyclic) bond motifs is 6. The van der Waals surface area contributed by atoms with Gasteiger partial charge in [0.2, 0.25) is 11.7 Å². The number of hydrogen-bond acceptors (Lipinski definition) is 31. The number of aliphatic hydroxyl groups excluding tert-OH is 3. The molecule has 4 aliphatic heterocycles. The Balaban J connectivity index is 0.548. The first-order valence-electron chi connectivity index (χ1n) is 44.4. The Morgan fingerprint density at radius 3 is 2.05 bits per heavy atom. The fourth-order valence-corrected chi connectivity index (χ4v) is 16.8. The number of nitrogens with one attached hydrogen (secondary N) is 1. The third-order valence-corrected chi connectivity index (χ3v) is 24.2. The topological polar surface area (TPSA) is 470 Å². The molecule has 2 saturated heterocycles. The molecule has 1 aliphatic carbocycles. The molecule has 3 aromatic heterocycles. The molecule has 2 bridgehead atoms. The van der Waals surface area contributed by atoms with E-state index in [1.165, 1.54) is 19.0 Å². The number of hydrogen-bond donors (Lipinski definition) is 8. The predicted molar refractivity (Wildman–Crippen MR) is 465 cm³/mol. The molecule has 1 saturated carbocycles. The number of ether oxygens (including phenoxy) is 13. The second-order valence-corrected chi connectivity index (χ2v) is 33.6. The Labute approximate surface area is 737 Å². The first kappa shape index (κ1) is 99.6. The van der Waals surface area contributed by atoms with Gasteiger partial charge >= 0.3 is 12.1 Å². The van der Waals surface area contributed by atoms with Crippen LogP contribution in [0.1, 0.15) is 142 Å². The lowest BCUT2D eigenvalue weighted by molar-refractivity contribution is -0.265. The summed E-state index contributed by atoms with van der Waals surface area (Å²) in [6.07, 6.45) is 8.70. The van der Waals surface area contributed by atoms with Crippen molar-refractivity contribution in [3.63, 3.8) is 0 Å². The van der Waals surface area contributed by atoms with Gasteiger partial charge in [-0.3, -0.25) is 19.2 Å². The van der Waals surface area contributed by atoms with E-state index < -0.39 is 114 Å². The normalized spacial score (nSPS) is 27.7. The second kappa shape index (κ2) is 50.4. The molecule has 3 fully saturated rings. The molecule has 5 aromatic rings. The Kier molecular flexibility index (Phi) is 39.8. The first-order valence-corrected chi connectivity index (χ1v) is 44.4. The average molecular weight is 1770 g/mol. The van der Waals surface area contributed by atoms with Crippen LogP contribution in [0.2, 0.25) is 0 Å². The number of esters is 1. The van der Waals surface area contributed by atoms with Gasteiger partial charge in [-0.25, -0.2) is 24.2 Å². The van der Waals surface area contributed by atoms with Crippen LogP contribution in [-0.4, -0.2) is 297 Å². The molecule has 0 radical (unpaired) electrons. The highest BCUT2D eigenvalue weighted by Gasteiger charge is 2.53. The summed E-state index contributed by atoms with van der Waals surface area (Å²) in [7, 11) is 3.08. The number of nitrogens with zero attached hydrogens (tertiary/aromatic N) is 7. The van der Waals surface area contributed by atoms with Gasteiger partial charge in [-0.15, -0.1) is 0 Å². The quantitative estimate of drug-likeness (QED) is 0.00864. The standard InChI is InChI=1S/C91H133N11O24/c1-57-14-10-9-11-15-58(2)75(113-7)52-68-22-17-62(6)91(112,126-68)84(108)87(109)101-28-13-12-16-71(101)88(110)123-76(53-72(103)59(3)47-61(5)82(106)83(107)81(105)60(4)46-57)69(92)49-63-19-23-74(77(50-63)114-8)125-90(111)95-27-31-116-33-35-118-37-39-120-41-43-122-45-44-121-42-40-119-38-36-117-34-32-115-30-26-78(104)100-29-25-65-48-64(18-20-67(65)55-100)54-102-86-79(85(93)96-56-97-86)80(99-102)66-21-24-73-70(51-66)98-89(94)124-73/h9-11,14-15,18,20-21,24,47-48,51,56-57,59-60,62-63,68-69,71-72,74-77,82-83,103,106-107,112H,12-13,16-17,19,22-23,25-46,49-50,52-55,92H2,1-8H3,(H2,94,98)(H,95,111)(H2,93,96,97)/b11-9+,14-10+,58-15+,61-47+/t57-,59-,60-,62-,63+,68+,69-,71+,72-,74-,75+,76+,77-,82-,83+,91-/m1/s1. The van der Waals surface area contributed by atoms with E-state index in [4.69, 9.17) is 88.3 Å². The first-order chi connectivity index (χ1) is 60.7. The molecule has 126 heavy (non-hydrogen) atoms. The molecule has 0 unspecified atom stereocenters. The zero-order valence-electron chi connectivity index (χ0n) is 74.2. The Bertz CT molecular complexity index is 4440. The van der Waals surface area contributed by atoms with Gasteiger partial charge in [0.25, 0.3) is 17.7 Å². The highest BCUT2D eigenvalue weighted by atomic mass is 16.6. The fourth-order valence-electron chi connectivity index (χ4n) is 16.8. The Morgan fingerprint density at radius 1 is 0.698 bits per heavy atom. The van der Waals surface area contributed by atoms with Gasteiger partial charge in [0.05, 0.1) is 148 Å². The van der Waals surface area contributed by atoms with Crippen molar-refractivity contribution >= 4 is 69.4 Å². The number of Topliss-reactive ketones (excluding diaryl/α,β-unsaturated/α-hetero) is 2. The molecule has 696 valence electrons. The van der Waals surface area contributed by atoms with Crippen molar-refractivity contribution in [2.75, 3.05) is 151 Å². The number of ketones is 2. The van der Waals surface area contributed by atoms with E-state index in [2.05, 4.69) is 38.5 Å². The number of oxazole rings is 1. The average Bonchev–Trinajstić information content (AvgIpc) is 1.46. The molecular weight excluding hydrogens is 1630 g/mol. The fraction of sp³-hybridized carbons (Fsp3) is 0.648. The van der Waals surface area contributed by atoms with Gasteiger partial charge in [0.1, 0.15) is 53.8 Å². The van der Waals surface area contributed by atoms with Crippen molar-refractivity contribution in [2.24, 2.45) is 35.3 Å². The van der Waals surface area contributed by atoms with E-state index in [1.807, 2.05) is 65.9 Å². The molecule has 5 aliphatic rings. The number of anilines is 2. The maximum atomic E-state index is 14.7. The number of nitrogens with two attached hydrogens (primary N) is 3. The summed E-state index contributed by atoms with van der Waals surface area (Å²) < 4.78 is 82.4. The van der Waals surface area contributed by atoms with Crippen LogP contribution in [0.3, 0.4) is 0 Å². The summed E-state index contributed by atoms with van der Waals surface area (Å²) in [5.41, 5.74) is 26.8. The molecule has 35 heteroatoms. The van der Waals surface area contributed by atoms with Crippen LogP contribution >= 0.6 is 0 Å². The molecule has 0 spiro atoms. The van der Waals surface area contributed by atoms with Gasteiger partial charge in [-0.1, -0.05) is 82.4 Å². The van der Waals surface area contributed by atoms with Crippen molar-refractivity contribution in [2.45, 2.75) is 211 Å². The van der Waals surface area contributed by atoms with E-state index in [1.54, 1.807) is 46.9 Å². The zero-order chi connectivity index (χ0) is 90.2. The number of amides is 3. The second-order valence-electron chi connectivity index (χ2n) is 33.6. The number of nitrogen functional groups attached to an aromatic ring is 2. The summed E-state index contributed by atoms with van der Waals surface area (Å²) in [4.78, 5) is 99.5. The number of aromatic nitrogens is 5. The number of piperidine rings is 1. The molecular formula is C91H133N11O24. The molecule has 3 amide bonds. The molecule has 16 atom stereocenters. The maximum absolute atomic E-state index is 14.7. The van der Waals surface area contributed by atoms with Crippen molar-refractivity contribution in [3.8, 4) is 11.3 Å². The third kappa shape index (κ3) is 29.0. The van der Waals surface area contributed by atoms with Crippen LogP contribution in [0.4, 0.5) is 16.6 Å². The highest BCUT2D eigenvalue weighted by Crippen LogP contribution is 2.39. The van der Waals surface area contributed by atoms with Crippen LogP contribution < -0.4 is 22.5 Å². The molecule has 11 N–H and O–H groups in total. The lowest BCUT2D eigenvalue weighted by Gasteiger charge is -2.42. The van der Waals surface area contributed by atoms with Crippen molar-refractivity contribution < 1.29 is 115 Å². The Morgan fingerprint density at radius 2 is 1.37 bits per heavy atom. The summed E-state index contributed by atoms with van der Waals surface area (Å²) in [6.45, 7) is 17.9. The minimum atomic E-state index is -2.50. The number of aliphatic hydroxyl groups is 4. The van der Waals surface area contributed by atoms with Gasteiger partial charge in [0.15, 0.2) is 17.0 Å². The minimum absolute atomic E-state index is 0.0151. The van der Waals surface area contributed by atoms with Crippen LogP contribution in [0.5, 0.6) is 0 Å². The number of rotatable bonds is 36. The number of carbonyl (C=O) groups is 6. The van der Waals surface area contributed by atoms with E-state index in [-0.39, 0.29) is 87.7 Å². The number of alkyl carbamates (subject to hydrolysis) is 1. The largest absolute Gasteiger partial charge is 0.459 e. The number of allylic oxidation sites excluding steroid dienone is 5. The van der Waals surface area contributed by atoms with Gasteiger partial charge in [0, 0.05) is 82.6 Å². The monoisotopic (exact) mass is 1760 g/mol. The summed E-state index contributed by atoms with van der Waals surface area (Å²) >= 11 is 0. The number of cyclic esters (lactones) is 1. The molecule has 7 heterocycles. The van der Waals surface area contributed by atoms with E-state index in [0.717, 1.165) is 33.6 Å². The maximum Gasteiger partial charge on any atom is 0.407 e. The number of benzene rings is 2. The summed E-state index contributed by atoms with van der Waals surface area (Å²) in [5, 5.41) is 54.9. The van der Waals surface area contributed by atoms with Crippen LogP contribution in [0.25, 0.3) is 33.4 Å². The lowest BCUT2D eigenvalue weighted by atomic mass is 9.80. The van der Waals surface area contributed by atoms with Crippen LogP contribution in [0.15, 0.2) is 94.7 Å². The Hall–Kier alpha value is -8.60. The van der Waals surface area contributed by atoms with Crippen LogP contribution in [-0.2, 0) is 105 Å². The predicted octanol–water partition coefficient (Wildman–Crippen LogP) is 7.01. The van der Waals surface area contributed by atoms with Crippen molar-refractivity contribution in [1.29, 1.82) is 0 Å². The van der Waals surface area contributed by atoms with Crippen molar-refractivity contribution in [1.82, 2.24) is 39.8 Å². The van der Waals surface area contributed by atoms with Gasteiger partial charge in [-0.2, -0.15) is 10.1 Å². The van der Waals surface area contributed by atoms with Gasteiger partial charge < -0.3 is 119 Å². The molecule has 35 nitrogen and oxygen atoms in total.